The normalized spacial score (nSPS) is 22.4. The molecule has 0 radical (unpaired) electrons. The summed E-state index contributed by atoms with van der Waals surface area (Å²) in [5.74, 6) is 1.40. The minimum absolute atomic E-state index is 0.132. The number of allylic oxidation sites excluding steroid dienone is 1. The maximum atomic E-state index is 15.3. The average Bonchev–Trinajstić information content (AvgIpc) is 3.29. The lowest BCUT2D eigenvalue weighted by atomic mass is 9.81. The summed E-state index contributed by atoms with van der Waals surface area (Å²) in [4.78, 5) is 2.46. The largest absolute Gasteiger partial charge is 0.508 e. The van der Waals surface area contributed by atoms with Gasteiger partial charge >= 0.3 is 0 Å². The maximum absolute atomic E-state index is 15.3. The molecular formula is C30H32FNO4. The van der Waals surface area contributed by atoms with E-state index < -0.39 is 11.4 Å². The number of fused-ring (bicyclic) bond motifs is 1. The molecule has 5 rings (SSSR count). The lowest BCUT2D eigenvalue weighted by molar-refractivity contribution is 0.154. The van der Waals surface area contributed by atoms with E-state index in [1.54, 1.807) is 24.3 Å². The second kappa shape index (κ2) is 9.51. The summed E-state index contributed by atoms with van der Waals surface area (Å²) in [6.45, 7) is 9.18. The number of hydrogen-bond donors (Lipinski definition) is 2. The third-order valence-electron chi connectivity index (χ3n) is 7.28. The third kappa shape index (κ3) is 4.53. The van der Waals surface area contributed by atoms with Crippen molar-refractivity contribution >= 4 is 5.57 Å². The molecule has 0 spiro atoms. The van der Waals surface area contributed by atoms with Gasteiger partial charge in [0.2, 0.25) is 0 Å². The minimum atomic E-state index is -1.26. The highest BCUT2D eigenvalue weighted by atomic mass is 19.1. The van der Waals surface area contributed by atoms with Crippen molar-refractivity contribution in [1.29, 1.82) is 0 Å². The van der Waals surface area contributed by atoms with Gasteiger partial charge in [-0.3, -0.25) is 4.90 Å². The van der Waals surface area contributed by atoms with Gasteiger partial charge in [-0.15, -0.1) is 0 Å². The summed E-state index contributed by atoms with van der Waals surface area (Å²) in [6, 6.07) is 16.8. The van der Waals surface area contributed by atoms with E-state index in [0.29, 0.717) is 18.4 Å². The van der Waals surface area contributed by atoms with E-state index in [0.717, 1.165) is 47.5 Å². The number of rotatable bonds is 6. The Labute approximate surface area is 211 Å². The Morgan fingerprint density at radius 3 is 2.50 bits per heavy atom. The van der Waals surface area contributed by atoms with E-state index in [2.05, 4.69) is 18.7 Å². The summed E-state index contributed by atoms with van der Waals surface area (Å²) in [5, 5.41) is 19.8. The topological polar surface area (TPSA) is 62.2 Å². The lowest BCUT2D eigenvalue weighted by Gasteiger charge is -2.37. The monoisotopic (exact) mass is 489 g/mol. The number of nitrogens with zero attached hydrogens (tertiary/aromatic N) is 1. The second-order valence-corrected chi connectivity index (χ2v) is 10.1. The van der Waals surface area contributed by atoms with E-state index in [4.69, 9.17) is 9.47 Å². The number of hydrogen-bond acceptors (Lipinski definition) is 5. The van der Waals surface area contributed by atoms with Crippen molar-refractivity contribution in [3.05, 3.63) is 89.2 Å². The molecule has 0 aromatic heterocycles. The summed E-state index contributed by atoms with van der Waals surface area (Å²) in [6.07, 6.45) is 3.08. The van der Waals surface area contributed by atoms with Gasteiger partial charge in [0, 0.05) is 35.3 Å². The molecule has 1 unspecified atom stereocenters. The van der Waals surface area contributed by atoms with Crippen LogP contribution < -0.4 is 9.47 Å². The van der Waals surface area contributed by atoms with E-state index in [-0.39, 0.29) is 17.1 Å². The van der Waals surface area contributed by atoms with Gasteiger partial charge in [0.25, 0.3) is 0 Å². The first kappa shape index (κ1) is 24.2. The molecule has 2 heterocycles. The Morgan fingerprint density at radius 2 is 1.81 bits per heavy atom. The summed E-state index contributed by atoms with van der Waals surface area (Å²) in [7, 11) is 0. The molecule has 1 fully saturated rings. The summed E-state index contributed by atoms with van der Waals surface area (Å²) >= 11 is 0. The van der Waals surface area contributed by atoms with Gasteiger partial charge in [0.05, 0.1) is 0 Å². The molecule has 3 aromatic rings. The van der Waals surface area contributed by atoms with Crippen molar-refractivity contribution in [2.24, 2.45) is 5.92 Å². The van der Waals surface area contributed by atoms with Gasteiger partial charge in [-0.25, -0.2) is 4.39 Å². The predicted octanol–water partition coefficient (Wildman–Crippen LogP) is 6.09. The van der Waals surface area contributed by atoms with Crippen molar-refractivity contribution in [2.45, 2.75) is 38.8 Å². The van der Waals surface area contributed by atoms with Crippen LogP contribution in [-0.4, -0.2) is 40.9 Å². The molecule has 0 saturated carbocycles. The molecule has 2 aliphatic heterocycles. The zero-order valence-corrected chi connectivity index (χ0v) is 20.9. The van der Waals surface area contributed by atoms with Crippen LogP contribution in [0.5, 0.6) is 23.0 Å². The number of benzene rings is 3. The Morgan fingerprint density at radius 1 is 1.08 bits per heavy atom. The van der Waals surface area contributed by atoms with Crippen LogP contribution in [0.4, 0.5) is 4.39 Å². The first-order chi connectivity index (χ1) is 17.2. The van der Waals surface area contributed by atoms with Crippen molar-refractivity contribution in [3.8, 4) is 23.0 Å². The van der Waals surface area contributed by atoms with E-state index in [1.165, 1.54) is 12.5 Å². The van der Waals surface area contributed by atoms with E-state index >= 15 is 4.39 Å². The van der Waals surface area contributed by atoms with Gasteiger partial charge in [-0.05, 0) is 86.8 Å². The van der Waals surface area contributed by atoms with Crippen LogP contribution in [0.25, 0.3) is 5.57 Å². The molecular weight excluding hydrogens is 457 g/mol. The van der Waals surface area contributed by atoms with Gasteiger partial charge in [-0.1, -0.05) is 19.1 Å². The van der Waals surface area contributed by atoms with Crippen LogP contribution >= 0.6 is 0 Å². The molecule has 1 saturated heterocycles. The predicted molar refractivity (Wildman–Crippen MR) is 138 cm³/mol. The Hall–Kier alpha value is -3.51. The van der Waals surface area contributed by atoms with Crippen LogP contribution in [0.3, 0.4) is 0 Å². The molecule has 36 heavy (non-hydrogen) atoms. The van der Waals surface area contributed by atoms with Crippen LogP contribution in [0.1, 0.15) is 43.9 Å². The van der Waals surface area contributed by atoms with E-state index in [1.807, 2.05) is 37.3 Å². The van der Waals surface area contributed by atoms with Gasteiger partial charge in [-0.2, -0.15) is 0 Å². The van der Waals surface area contributed by atoms with Crippen molar-refractivity contribution in [3.63, 3.8) is 0 Å². The Balaban J connectivity index is 1.47. The van der Waals surface area contributed by atoms with Gasteiger partial charge in [0.1, 0.15) is 35.4 Å². The fraction of sp³-hybridized carbons (Fsp3) is 0.333. The van der Waals surface area contributed by atoms with Crippen LogP contribution in [0.2, 0.25) is 0 Å². The quantitative estimate of drug-likeness (QED) is 0.439. The molecule has 6 heteroatoms. The minimum Gasteiger partial charge on any atom is -0.508 e. The van der Waals surface area contributed by atoms with Crippen molar-refractivity contribution in [1.82, 2.24) is 4.90 Å². The highest BCUT2D eigenvalue weighted by Gasteiger charge is 2.41. The Kier molecular flexibility index (Phi) is 6.39. The highest BCUT2D eigenvalue weighted by Crippen LogP contribution is 2.47. The molecule has 0 aliphatic carbocycles. The van der Waals surface area contributed by atoms with Gasteiger partial charge in [0.15, 0.2) is 5.60 Å². The highest BCUT2D eigenvalue weighted by molar-refractivity contribution is 5.75. The second-order valence-electron chi connectivity index (χ2n) is 10.1. The fourth-order valence-electron chi connectivity index (χ4n) is 5.23. The number of ether oxygens (including phenoxy) is 2. The first-order valence-corrected chi connectivity index (χ1v) is 12.4. The molecule has 3 aromatic carbocycles. The zero-order valence-electron chi connectivity index (χ0n) is 20.9. The standard InChI is InChI=1S/C30H32FNO4/c1-19-12-13-32(17-19)21(3)18-35-25-8-4-22(5-9-25)30(27-10-6-24(34)15-28(27)31)16-20(2)26-14-23(33)7-11-29(26)36-30/h4-11,14-16,19,21,33-34H,12-13,17-18H2,1-3H3/t19-,21+,30?/m1/s1. The number of likely N-dealkylation sites (tertiary alicyclic amines) is 1. The third-order valence-corrected chi connectivity index (χ3v) is 7.28. The molecule has 188 valence electrons. The molecule has 3 atom stereocenters. The number of halogens is 1. The number of phenols is 2. The van der Waals surface area contributed by atoms with Crippen molar-refractivity contribution < 1.29 is 24.1 Å². The summed E-state index contributed by atoms with van der Waals surface area (Å²) < 4.78 is 27.8. The molecule has 0 bridgehead atoms. The van der Waals surface area contributed by atoms with Crippen LogP contribution in [0, 0.1) is 11.7 Å². The number of aromatic hydroxyl groups is 2. The first-order valence-electron chi connectivity index (χ1n) is 12.4. The van der Waals surface area contributed by atoms with E-state index in [9.17, 15) is 10.2 Å². The molecule has 2 aliphatic rings. The smallest absolute Gasteiger partial charge is 0.181 e. The maximum Gasteiger partial charge on any atom is 0.181 e. The molecule has 0 amide bonds. The fourth-order valence-corrected chi connectivity index (χ4v) is 5.23. The lowest BCUT2D eigenvalue weighted by Crippen LogP contribution is -2.36. The average molecular weight is 490 g/mol. The molecule has 5 nitrogen and oxygen atoms in total. The number of phenolic OH excluding ortho intramolecular Hbond substituents is 2. The van der Waals surface area contributed by atoms with Crippen molar-refractivity contribution in [2.75, 3.05) is 19.7 Å². The van der Waals surface area contributed by atoms with Gasteiger partial charge < -0.3 is 19.7 Å². The molecule has 2 N–H and O–H groups in total. The van der Waals surface area contributed by atoms with Crippen LogP contribution in [-0.2, 0) is 5.60 Å². The Bertz CT molecular complexity index is 1290. The van der Waals surface area contributed by atoms with Crippen LogP contribution in [0.15, 0.2) is 66.7 Å². The zero-order chi connectivity index (χ0) is 25.4. The SMILES string of the molecule is CC1=CC(c2ccc(OC[C@H](C)N3CC[C@@H](C)C3)cc2)(c2ccc(O)cc2F)Oc2ccc(O)cc21. The summed E-state index contributed by atoms with van der Waals surface area (Å²) in [5.41, 5.74) is 1.33.